The van der Waals surface area contributed by atoms with Crippen LogP contribution in [0.25, 0.3) is 0 Å². The molecule has 2 amide bonds. The maximum atomic E-state index is 11.9. The Balaban J connectivity index is 1.45. The van der Waals surface area contributed by atoms with E-state index < -0.39 is 0 Å². The molecule has 1 atom stereocenters. The van der Waals surface area contributed by atoms with Crippen molar-refractivity contribution in [3.05, 3.63) is 23.8 Å². The summed E-state index contributed by atoms with van der Waals surface area (Å²) in [7, 11) is 1.61. The highest BCUT2D eigenvalue weighted by atomic mass is 16.5. The van der Waals surface area contributed by atoms with Crippen molar-refractivity contribution in [2.75, 3.05) is 46.5 Å². The SMILES string of the molecule is COc1ccc(CN2CCNC(=O)C2)cc1OCCCNC(=O)[C@H]1CCCO1. The molecule has 8 nitrogen and oxygen atoms in total. The van der Waals surface area contributed by atoms with Gasteiger partial charge in [0.05, 0.1) is 20.3 Å². The number of hydrogen-bond donors (Lipinski definition) is 2. The Kier molecular flexibility index (Phi) is 7.50. The van der Waals surface area contributed by atoms with E-state index in [4.69, 9.17) is 14.2 Å². The summed E-state index contributed by atoms with van der Waals surface area (Å²) in [6.45, 7) is 4.28. The van der Waals surface area contributed by atoms with E-state index >= 15 is 0 Å². The van der Waals surface area contributed by atoms with Crippen LogP contribution >= 0.6 is 0 Å². The summed E-state index contributed by atoms with van der Waals surface area (Å²) in [6, 6.07) is 5.82. The van der Waals surface area contributed by atoms with Crippen LogP contribution in [-0.2, 0) is 20.9 Å². The number of rotatable bonds is 9. The standard InChI is InChI=1S/C20H29N3O5/c1-26-16-6-5-15(13-23-9-8-21-19(24)14-23)12-18(16)28-11-3-7-22-20(25)17-4-2-10-27-17/h5-6,12,17H,2-4,7-11,13-14H2,1H3,(H,21,24)(H,22,25)/t17-/m1/s1. The first-order chi connectivity index (χ1) is 13.7. The molecule has 2 aliphatic heterocycles. The predicted molar refractivity (Wildman–Crippen MR) is 103 cm³/mol. The van der Waals surface area contributed by atoms with Crippen LogP contribution in [0.2, 0.25) is 0 Å². The summed E-state index contributed by atoms with van der Waals surface area (Å²) >= 11 is 0. The Hall–Kier alpha value is -2.32. The highest BCUT2D eigenvalue weighted by molar-refractivity contribution is 5.80. The predicted octanol–water partition coefficient (Wildman–Crippen LogP) is 0.691. The van der Waals surface area contributed by atoms with E-state index in [1.165, 1.54) is 0 Å². The normalized spacial score (nSPS) is 19.9. The smallest absolute Gasteiger partial charge is 0.249 e. The second-order valence-electron chi connectivity index (χ2n) is 7.04. The highest BCUT2D eigenvalue weighted by Crippen LogP contribution is 2.28. The molecule has 1 aromatic carbocycles. The molecular weight excluding hydrogens is 362 g/mol. The third kappa shape index (κ3) is 5.84. The van der Waals surface area contributed by atoms with Crippen molar-refractivity contribution in [2.45, 2.75) is 31.9 Å². The minimum absolute atomic E-state index is 0.0392. The molecule has 0 spiro atoms. The van der Waals surface area contributed by atoms with E-state index in [-0.39, 0.29) is 17.9 Å². The first-order valence-electron chi connectivity index (χ1n) is 9.84. The molecule has 0 aliphatic carbocycles. The van der Waals surface area contributed by atoms with Gasteiger partial charge in [-0.2, -0.15) is 0 Å². The van der Waals surface area contributed by atoms with Crippen molar-refractivity contribution in [3.8, 4) is 11.5 Å². The zero-order chi connectivity index (χ0) is 19.8. The van der Waals surface area contributed by atoms with E-state index in [2.05, 4.69) is 15.5 Å². The fraction of sp³-hybridized carbons (Fsp3) is 0.600. The Morgan fingerprint density at radius 1 is 1.39 bits per heavy atom. The second-order valence-corrected chi connectivity index (χ2v) is 7.04. The molecule has 2 saturated heterocycles. The van der Waals surface area contributed by atoms with Crippen LogP contribution in [0.5, 0.6) is 11.5 Å². The van der Waals surface area contributed by atoms with Crippen LogP contribution in [0, 0.1) is 0 Å². The molecule has 0 radical (unpaired) electrons. The quantitative estimate of drug-likeness (QED) is 0.602. The van der Waals surface area contributed by atoms with Crippen LogP contribution < -0.4 is 20.1 Å². The number of piperazine rings is 1. The second kappa shape index (κ2) is 10.3. The van der Waals surface area contributed by atoms with E-state index in [0.29, 0.717) is 57.3 Å². The molecular formula is C20H29N3O5. The number of carbonyl (C=O) groups excluding carboxylic acids is 2. The summed E-state index contributed by atoms with van der Waals surface area (Å²) in [5.74, 6) is 1.36. The van der Waals surface area contributed by atoms with Gasteiger partial charge in [0.25, 0.3) is 0 Å². The van der Waals surface area contributed by atoms with Gasteiger partial charge < -0.3 is 24.8 Å². The van der Waals surface area contributed by atoms with Gasteiger partial charge in [0.2, 0.25) is 11.8 Å². The fourth-order valence-corrected chi connectivity index (χ4v) is 3.38. The van der Waals surface area contributed by atoms with Gasteiger partial charge in [-0.05, 0) is 37.0 Å². The lowest BCUT2D eigenvalue weighted by atomic mass is 10.1. The zero-order valence-electron chi connectivity index (χ0n) is 16.4. The molecule has 2 aliphatic rings. The molecule has 28 heavy (non-hydrogen) atoms. The summed E-state index contributed by atoms with van der Waals surface area (Å²) in [5, 5.41) is 5.72. The average Bonchev–Trinajstić information content (AvgIpc) is 3.23. The number of nitrogens with one attached hydrogen (secondary N) is 2. The molecule has 8 heteroatoms. The molecule has 1 aromatic rings. The average molecular weight is 391 g/mol. The van der Waals surface area contributed by atoms with Crippen molar-refractivity contribution < 1.29 is 23.8 Å². The zero-order valence-corrected chi connectivity index (χ0v) is 16.4. The van der Waals surface area contributed by atoms with Crippen molar-refractivity contribution in [2.24, 2.45) is 0 Å². The van der Waals surface area contributed by atoms with Gasteiger partial charge in [-0.1, -0.05) is 6.07 Å². The molecule has 2 heterocycles. The van der Waals surface area contributed by atoms with Gasteiger partial charge >= 0.3 is 0 Å². The van der Waals surface area contributed by atoms with Gasteiger partial charge in [-0.15, -0.1) is 0 Å². The maximum Gasteiger partial charge on any atom is 0.249 e. The fourth-order valence-electron chi connectivity index (χ4n) is 3.38. The van der Waals surface area contributed by atoms with Gasteiger partial charge in [0.1, 0.15) is 6.10 Å². The summed E-state index contributed by atoms with van der Waals surface area (Å²) in [5.41, 5.74) is 1.07. The van der Waals surface area contributed by atoms with E-state index in [1.54, 1.807) is 7.11 Å². The number of nitrogens with zero attached hydrogens (tertiary/aromatic N) is 1. The van der Waals surface area contributed by atoms with Crippen molar-refractivity contribution >= 4 is 11.8 Å². The summed E-state index contributed by atoms with van der Waals surface area (Å²) in [6.07, 6.45) is 2.14. The first kappa shape index (κ1) is 20.4. The Morgan fingerprint density at radius 2 is 2.29 bits per heavy atom. The van der Waals surface area contributed by atoms with E-state index in [9.17, 15) is 9.59 Å². The van der Waals surface area contributed by atoms with Gasteiger partial charge in [0.15, 0.2) is 11.5 Å². The third-order valence-corrected chi connectivity index (χ3v) is 4.85. The molecule has 2 N–H and O–H groups in total. The van der Waals surface area contributed by atoms with Crippen molar-refractivity contribution in [1.29, 1.82) is 0 Å². The van der Waals surface area contributed by atoms with E-state index in [0.717, 1.165) is 24.9 Å². The first-order valence-corrected chi connectivity index (χ1v) is 9.84. The molecule has 0 bridgehead atoms. The minimum Gasteiger partial charge on any atom is -0.493 e. The van der Waals surface area contributed by atoms with Gasteiger partial charge in [-0.25, -0.2) is 0 Å². The molecule has 154 valence electrons. The number of carbonyl (C=O) groups is 2. The Labute approximate surface area is 165 Å². The van der Waals surface area contributed by atoms with E-state index in [1.807, 2.05) is 18.2 Å². The Bertz CT molecular complexity index is 676. The van der Waals surface area contributed by atoms with Crippen LogP contribution in [0.4, 0.5) is 0 Å². The largest absolute Gasteiger partial charge is 0.493 e. The lowest BCUT2D eigenvalue weighted by Crippen LogP contribution is -2.47. The van der Waals surface area contributed by atoms with Crippen LogP contribution in [-0.4, -0.2) is 69.3 Å². The maximum absolute atomic E-state index is 11.9. The monoisotopic (exact) mass is 391 g/mol. The number of methoxy groups -OCH3 is 1. The van der Waals surface area contributed by atoms with Crippen molar-refractivity contribution in [3.63, 3.8) is 0 Å². The molecule has 0 unspecified atom stereocenters. The molecule has 3 rings (SSSR count). The minimum atomic E-state index is -0.297. The number of ether oxygens (including phenoxy) is 3. The molecule has 2 fully saturated rings. The number of benzene rings is 1. The topological polar surface area (TPSA) is 89.1 Å². The lowest BCUT2D eigenvalue weighted by Gasteiger charge is -2.26. The van der Waals surface area contributed by atoms with Crippen LogP contribution in [0.3, 0.4) is 0 Å². The van der Waals surface area contributed by atoms with Crippen LogP contribution in [0.15, 0.2) is 18.2 Å². The van der Waals surface area contributed by atoms with Gasteiger partial charge in [0, 0.05) is 32.8 Å². The molecule has 0 saturated carbocycles. The number of hydrogen-bond acceptors (Lipinski definition) is 6. The number of amides is 2. The summed E-state index contributed by atoms with van der Waals surface area (Å²) in [4.78, 5) is 25.5. The van der Waals surface area contributed by atoms with Gasteiger partial charge in [-0.3, -0.25) is 14.5 Å². The highest BCUT2D eigenvalue weighted by Gasteiger charge is 2.22. The molecule has 0 aromatic heterocycles. The summed E-state index contributed by atoms with van der Waals surface area (Å²) < 4.78 is 16.6. The third-order valence-electron chi connectivity index (χ3n) is 4.85. The van der Waals surface area contributed by atoms with Crippen LogP contribution in [0.1, 0.15) is 24.8 Å². The van der Waals surface area contributed by atoms with Crippen molar-refractivity contribution in [1.82, 2.24) is 15.5 Å². The Morgan fingerprint density at radius 3 is 3.04 bits per heavy atom. The lowest BCUT2D eigenvalue weighted by molar-refractivity contribution is -0.130.